The highest BCUT2D eigenvalue weighted by Crippen LogP contribution is 2.23. The summed E-state index contributed by atoms with van der Waals surface area (Å²) in [4.78, 5) is 1.04. The van der Waals surface area contributed by atoms with Crippen LogP contribution in [0.25, 0.3) is 0 Å². The molecular formula is C13H21NO2S2. The summed E-state index contributed by atoms with van der Waals surface area (Å²) >= 11 is 1.34. The molecule has 2 rings (SSSR count). The van der Waals surface area contributed by atoms with Gasteiger partial charge in [0.1, 0.15) is 4.21 Å². The number of hydrogen-bond acceptors (Lipinski definition) is 3. The molecular weight excluding hydrogens is 266 g/mol. The molecule has 0 aliphatic heterocycles. The van der Waals surface area contributed by atoms with E-state index in [1.807, 2.05) is 13.0 Å². The first-order valence-corrected chi connectivity index (χ1v) is 8.97. The Labute approximate surface area is 114 Å². The molecule has 1 heterocycles. The van der Waals surface area contributed by atoms with Crippen molar-refractivity contribution in [1.29, 1.82) is 0 Å². The van der Waals surface area contributed by atoms with Crippen molar-refractivity contribution in [3.05, 3.63) is 17.0 Å². The predicted molar refractivity (Wildman–Crippen MR) is 75.5 cm³/mol. The Bertz CT molecular complexity index is 471. The number of hydrogen-bond donors (Lipinski definition) is 1. The van der Waals surface area contributed by atoms with E-state index in [2.05, 4.69) is 4.72 Å². The number of thiophene rings is 1. The van der Waals surface area contributed by atoms with Gasteiger partial charge in [-0.2, -0.15) is 0 Å². The van der Waals surface area contributed by atoms with Crippen LogP contribution in [-0.2, 0) is 10.0 Å². The molecule has 5 heteroatoms. The second-order valence-electron chi connectivity index (χ2n) is 5.03. The van der Waals surface area contributed by atoms with Crippen LogP contribution in [0, 0.1) is 6.92 Å². The molecule has 102 valence electrons. The highest BCUT2D eigenvalue weighted by molar-refractivity contribution is 7.91. The van der Waals surface area contributed by atoms with Gasteiger partial charge >= 0.3 is 0 Å². The standard InChI is InChI=1S/C13H21NO2S2/c1-11-9-10-13(17-11)18(15,16)14-12-7-5-3-2-4-6-8-12/h9-10,12,14H,2-8H2,1H3. The highest BCUT2D eigenvalue weighted by atomic mass is 32.2. The zero-order valence-electron chi connectivity index (χ0n) is 10.8. The maximum absolute atomic E-state index is 12.2. The number of aryl methyl sites for hydroxylation is 1. The van der Waals surface area contributed by atoms with Crippen LogP contribution >= 0.6 is 11.3 Å². The van der Waals surface area contributed by atoms with Crippen molar-refractivity contribution >= 4 is 21.4 Å². The fourth-order valence-electron chi connectivity index (χ4n) is 2.41. The minimum absolute atomic E-state index is 0.123. The minimum Gasteiger partial charge on any atom is -0.207 e. The van der Waals surface area contributed by atoms with Crippen LogP contribution in [0.4, 0.5) is 0 Å². The van der Waals surface area contributed by atoms with Gasteiger partial charge < -0.3 is 0 Å². The Hall–Kier alpha value is -0.390. The first-order chi connectivity index (χ1) is 8.58. The van der Waals surface area contributed by atoms with E-state index >= 15 is 0 Å². The molecule has 0 radical (unpaired) electrons. The largest absolute Gasteiger partial charge is 0.250 e. The Kier molecular flexibility index (Phi) is 4.81. The fourth-order valence-corrected chi connectivity index (χ4v) is 5.01. The molecule has 0 aromatic carbocycles. The maximum Gasteiger partial charge on any atom is 0.250 e. The third-order valence-electron chi connectivity index (χ3n) is 3.41. The smallest absolute Gasteiger partial charge is 0.207 e. The Morgan fingerprint density at radius 1 is 1.11 bits per heavy atom. The lowest BCUT2D eigenvalue weighted by atomic mass is 9.97. The van der Waals surface area contributed by atoms with Crippen molar-refractivity contribution in [2.24, 2.45) is 0 Å². The van der Waals surface area contributed by atoms with E-state index in [1.54, 1.807) is 6.07 Å². The summed E-state index contributed by atoms with van der Waals surface area (Å²) in [6.45, 7) is 1.93. The first-order valence-electron chi connectivity index (χ1n) is 6.67. The lowest BCUT2D eigenvalue weighted by Crippen LogP contribution is -2.34. The first kappa shape index (κ1) is 14.0. The van der Waals surface area contributed by atoms with Gasteiger partial charge in [-0.05, 0) is 31.9 Å². The molecule has 18 heavy (non-hydrogen) atoms. The van der Waals surface area contributed by atoms with Gasteiger partial charge in [0.05, 0.1) is 0 Å². The molecule has 3 nitrogen and oxygen atoms in total. The van der Waals surface area contributed by atoms with Crippen molar-refractivity contribution < 1.29 is 8.42 Å². The van der Waals surface area contributed by atoms with Gasteiger partial charge in [-0.3, -0.25) is 0 Å². The molecule has 1 fully saturated rings. The van der Waals surface area contributed by atoms with E-state index in [0.717, 1.165) is 30.6 Å². The zero-order valence-corrected chi connectivity index (χ0v) is 12.4. The van der Waals surface area contributed by atoms with Gasteiger partial charge in [-0.1, -0.05) is 32.1 Å². The van der Waals surface area contributed by atoms with Gasteiger partial charge in [0.15, 0.2) is 0 Å². The van der Waals surface area contributed by atoms with Crippen LogP contribution in [0.15, 0.2) is 16.3 Å². The summed E-state index contributed by atoms with van der Waals surface area (Å²) in [6, 6.07) is 3.68. The van der Waals surface area contributed by atoms with Crippen molar-refractivity contribution in [2.45, 2.75) is 62.1 Å². The average Bonchev–Trinajstić information content (AvgIpc) is 2.69. The zero-order chi connectivity index (χ0) is 13.0. The van der Waals surface area contributed by atoms with Gasteiger partial charge in [0, 0.05) is 10.9 Å². The number of sulfonamides is 1. The second-order valence-corrected chi connectivity index (χ2v) is 8.26. The topological polar surface area (TPSA) is 46.2 Å². The Balaban J connectivity index is 2.02. The summed E-state index contributed by atoms with van der Waals surface area (Å²) in [6.07, 6.45) is 7.98. The van der Waals surface area contributed by atoms with E-state index in [1.165, 1.54) is 30.6 Å². The summed E-state index contributed by atoms with van der Waals surface area (Å²) in [7, 11) is -3.30. The van der Waals surface area contributed by atoms with Crippen LogP contribution in [0.3, 0.4) is 0 Å². The molecule has 1 aliphatic carbocycles. The molecule has 1 aliphatic rings. The van der Waals surface area contributed by atoms with Crippen LogP contribution < -0.4 is 4.72 Å². The summed E-state index contributed by atoms with van der Waals surface area (Å²) in [5, 5.41) is 0. The van der Waals surface area contributed by atoms with Gasteiger partial charge in [0.2, 0.25) is 10.0 Å². The Morgan fingerprint density at radius 3 is 2.28 bits per heavy atom. The fraction of sp³-hybridized carbons (Fsp3) is 0.692. The molecule has 1 aromatic heterocycles. The summed E-state index contributed by atoms with van der Waals surface area (Å²) < 4.78 is 27.7. The predicted octanol–water partition coefficient (Wildman–Crippen LogP) is 3.45. The monoisotopic (exact) mass is 287 g/mol. The van der Waals surface area contributed by atoms with E-state index in [4.69, 9.17) is 0 Å². The quantitative estimate of drug-likeness (QED) is 0.925. The van der Waals surface area contributed by atoms with E-state index < -0.39 is 10.0 Å². The lowest BCUT2D eigenvalue weighted by Gasteiger charge is -2.20. The number of rotatable bonds is 3. The SMILES string of the molecule is Cc1ccc(S(=O)(=O)NC2CCCCCCC2)s1. The van der Waals surface area contributed by atoms with Gasteiger partial charge in [0.25, 0.3) is 0 Å². The highest BCUT2D eigenvalue weighted by Gasteiger charge is 2.21. The van der Waals surface area contributed by atoms with Crippen molar-refractivity contribution in [2.75, 3.05) is 0 Å². The van der Waals surface area contributed by atoms with Gasteiger partial charge in [-0.15, -0.1) is 11.3 Å². The van der Waals surface area contributed by atoms with Crippen molar-refractivity contribution in [1.82, 2.24) is 4.72 Å². The molecule has 0 atom stereocenters. The van der Waals surface area contributed by atoms with Crippen LogP contribution in [0.5, 0.6) is 0 Å². The van der Waals surface area contributed by atoms with E-state index in [9.17, 15) is 8.42 Å². The molecule has 0 saturated heterocycles. The maximum atomic E-state index is 12.2. The van der Waals surface area contributed by atoms with E-state index in [0.29, 0.717) is 4.21 Å². The molecule has 1 aromatic rings. The third kappa shape index (κ3) is 3.80. The van der Waals surface area contributed by atoms with E-state index in [-0.39, 0.29) is 6.04 Å². The summed E-state index contributed by atoms with van der Waals surface area (Å²) in [5.74, 6) is 0. The van der Waals surface area contributed by atoms with Gasteiger partial charge in [-0.25, -0.2) is 13.1 Å². The van der Waals surface area contributed by atoms with Crippen molar-refractivity contribution in [3.8, 4) is 0 Å². The molecule has 0 amide bonds. The van der Waals surface area contributed by atoms with Crippen LogP contribution in [0.1, 0.15) is 49.8 Å². The molecule has 0 bridgehead atoms. The van der Waals surface area contributed by atoms with Crippen molar-refractivity contribution in [3.63, 3.8) is 0 Å². The molecule has 1 saturated carbocycles. The molecule has 0 spiro atoms. The van der Waals surface area contributed by atoms with Crippen LogP contribution in [0.2, 0.25) is 0 Å². The third-order valence-corrected chi connectivity index (χ3v) is 6.42. The Morgan fingerprint density at radius 2 is 1.72 bits per heavy atom. The average molecular weight is 287 g/mol. The molecule has 1 N–H and O–H groups in total. The number of nitrogens with one attached hydrogen (secondary N) is 1. The summed E-state index contributed by atoms with van der Waals surface area (Å²) in [5.41, 5.74) is 0. The van der Waals surface area contributed by atoms with Crippen LogP contribution in [-0.4, -0.2) is 14.5 Å². The minimum atomic E-state index is -3.30. The molecule has 0 unspecified atom stereocenters. The normalized spacial score (nSPS) is 19.4. The lowest BCUT2D eigenvalue weighted by molar-refractivity contribution is 0.427. The second kappa shape index (κ2) is 6.17.